The quantitative estimate of drug-likeness (QED) is 0.407. The molecule has 0 atom stereocenters. The van der Waals surface area contributed by atoms with Gasteiger partial charge in [0.05, 0.1) is 5.57 Å². The number of esters is 1. The van der Waals surface area contributed by atoms with Crippen LogP contribution in [0.5, 0.6) is 0 Å². The van der Waals surface area contributed by atoms with E-state index in [1.165, 1.54) is 0 Å². The molecule has 0 aliphatic carbocycles. The van der Waals surface area contributed by atoms with E-state index in [4.69, 9.17) is 4.74 Å². The summed E-state index contributed by atoms with van der Waals surface area (Å²) in [6.45, 7) is 8.32. The van der Waals surface area contributed by atoms with Crippen LogP contribution in [0.2, 0.25) is 0 Å². The van der Waals surface area contributed by atoms with Crippen LogP contribution in [0.15, 0.2) is 22.3 Å². The van der Waals surface area contributed by atoms with Crippen LogP contribution in [-0.2, 0) is 9.53 Å². The Morgan fingerprint density at radius 3 is 2.08 bits per heavy atom. The third kappa shape index (κ3) is 1.42. The number of rotatable bonds is 0. The lowest BCUT2D eigenvalue weighted by Gasteiger charge is -2.00. The van der Waals surface area contributed by atoms with Gasteiger partial charge < -0.3 is 4.74 Å². The maximum atomic E-state index is 11.2. The summed E-state index contributed by atoms with van der Waals surface area (Å²) in [5, 5.41) is 0. The zero-order valence-corrected chi connectivity index (χ0v) is 8.02. The molecule has 0 unspecified atom stereocenters. The maximum Gasteiger partial charge on any atom is 0.338 e. The molecule has 2 nitrogen and oxygen atoms in total. The van der Waals surface area contributed by atoms with Gasteiger partial charge in [-0.15, -0.1) is 0 Å². The lowest BCUT2D eigenvalue weighted by Crippen LogP contribution is -1.97. The first-order chi connectivity index (χ1) is 5.54. The van der Waals surface area contributed by atoms with E-state index in [1.54, 1.807) is 0 Å². The first kappa shape index (κ1) is 9.04. The van der Waals surface area contributed by atoms with Crippen molar-refractivity contribution in [1.29, 1.82) is 0 Å². The number of allylic oxidation sites excluding steroid dienone is 2. The molecule has 0 amide bonds. The monoisotopic (exact) mass is 166 g/mol. The molecule has 0 radical (unpaired) electrons. The minimum atomic E-state index is -0.175. The molecule has 0 spiro atoms. The normalized spacial score (nSPS) is 16.5. The lowest BCUT2D eigenvalue weighted by atomic mass is 10.0. The molecule has 12 heavy (non-hydrogen) atoms. The maximum absolute atomic E-state index is 11.2. The second-order valence-electron chi connectivity index (χ2n) is 3.43. The van der Waals surface area contributed by atoms with Crippen LogP contribution in [0.25, 0.3) is 0 Å². The third-order valence-electron chi connectivity index (χ3n) is 1.96. The molecule has 1 fully saturated rings. The number of hydrogen-bond donors (Lipinski definition) is 0. The van der Waals surface area contributed by atoms with Crippen LogP contribution in [0.1, 0.15) is 27.7 Å². The summed E-state index contributed by atoms with van der Waals surface area (Å²) in [6.07, 6.45) is 0. The van der Waals surface area contributed by atoms with Gasteiger partial charge in [0.15, 0.2) is 0 Å². The summed E-state index contributed by atoms with van der Waals surface area (Å²) in [7, 11) is 0. The van der Waals surface area contributed by atoms with E-state index in [-0.39, 0.29) is 5.97 Å². The molecule has 1 aliphatic rings. The summed E-state index contributed by atoms with van der Waals surface area (Å²) in [4.78, 5) is 11.2. The third-order valence-corrected chi connectivity index (χ3v) is 1.96. The Kier molecular flexibility index (Phi) is 2.36. The van der Waals surface area contributed by atoms with E-state index in [0.29, 0.717) is 6.61 Å². The summed E-state index contributed by atoms with van der Waals surface area (Å²) in [6, 6.07) is 0. The molecule has 0 aromatic heterocycles. The van der Waals surface area contributed by atoms with E-state index in [9.17, 15) is 4.79 Å². The van der Waals surface area contributed by atoms with Gasteiger partial charge in [0.25, 0.3) is 0 Å². The van der Waals surface area contributed by atoms with Gasteiger partial charge in [-0.25, -0.2) is 4.79 Å². The number of carbonyl (C=O) groups excluding carboxylic acids is 1. The average Bonchev–Trinajstić information content (AvgIpc) is 2.30. The zero-order chi connectivity index (χ0) is 9.30. The van der Waals surface area contributed by atoms with Crippen molar-refractivity contribution in [1.82, 2.24) is 0 Å². The predicted octanol–water partition coefficient (Wildman–Crippen LogP) is 2.22. The Morgan fingerprint density at radius 2 is 1.75 bits per heavy atom. The Balaban J connectivity index is 3.20. The molecule has 0 aromatic carbocycles. The van der Waals surface area contributed by atoms with E-state index in [0.717, 1.165) is 22.3 Å². The molecule has 0 aromatic rings. The molecule has 1 heterocycles. The van der Waals surface area contributed by atoms with Crippen molar-refractivity contribution < 1.29 is 9.53 Å². The predicted molar refractivity (Wildman–Crippen MR) is 47.7 cm³/mol. The van der Waals surface area contributed by atoms with Gasteiger partial charge in [-0.05, 0) is 27.7 Å². The molecule has 66 valence electrons. The van der Waals surface area contributed by atoms with Gasteiger partial charge in [0.1, 0.15) is 6.61 Å². The van der Waals surface area contributed by atoms with Gasteiger partial charge in [-0.2, -0.15) is 0 Å². The van der Waals surface area contributed by atoms with Gasteiger partial charge >= 0.3 is 5.97 Å². The second-order valence-corrected chi connectivity index (χ2v) is 3.43. The summed E-state index contributed by atoms with van der Waals surface area (Å²) < 4.78 is 4.95. The van der Waals surface area contributed by atoms with Crippen molar-refractivity contribution in [3.05, 3.63) is 22.3 Å². The van der Waals surface area contributed by atoms with Crippen LogP contribution in [0.4, 0.5) is 0 Å². The van der Waals surface area contributed by atoms with E-state index < -0.39 is 0 Å². The fraction of sp³-hybridized carbons (Fsp3) is 0.500. The second kappa shape index (κ2) is 3.13. The van der Waals surface area contributed by atoms with Crippen molar-refractivity contribution >= 4 is 5.97 Å². The van der Waals surface area contributed by atoms with Crippen LogP contribution in [0.3, 0.4) is 0 Å². The SMILES string of the molecule is CC(C)=C1COC(=O)C1=C(C)C. The minimum absolute atomic E-state index is 0.175. The number of cyclic esters (lactones) is 1. The minimum Gasteiger partial charge on any atom is -0.457 e. The van der Waals surface area contributed by atoms with Gasteiger partial charge in [-0.1, -0.05) is 11.1 Å². The summed E-state index contributed by atoms with van der Waals surface area (Å²) >= 11 is 0. The summed E-state index contributed by atoms with van der Waals surface area (Å²) in [5.41, 5.74) is 4.03. The van der Waals surface area contributed by atoms with Crippen LogP contribution < -0.4 is 0 Å². The van der Waals surface area contributed by atoms with Crippen molar-refractivity contribution in [3.63, 3.8) is 0 Å². The van der Waals surface area contributed by atoms with Crippen molar-refractivity contribution in [2.75, 3.05) is 6.61 Å². The fourth-order valence-electron chi connectivity index (χ4n) is 1.31. The van der Waals surface area contributed by atoms with Crippen molar-refractivity contribution in [2.24, 2.45) is 0 Å². The highest BCUT2D eigenvalue weighted by molar-refractivity contribution is 5.97. The molecular formula is C10H14O2. The highest BCUT2D eigenvalue weighted by atomic mass is 16.5. The molecule has 0 N–H and O–H groups in total. The van der Waals surface area contributed by atoms with Crippen LogP contribution >= 0.6 is 0 Å². The topological polar surface area (TPSA) is 26.3 Å². The van der Waals surface area contributed by atoms with E-state index >= 15 is 0 Å². The number of carbonyl (C=O) groups is 1. The zero-order valence-electron chi connectivity index (χ0n) is 8.02. The highest BCUT2D eigenvalue weighted by Crippen LogP contribution is 2.26. The molecule has 1 aliphatic heterocycles. The molecule has 1 saturated heterocycles. The first-order valence-corrected chi connectivity index (χ1v) is 4.05. The molecule has 0 saturated carbocycles. The number of ether oxygens (including phenoxy) is 1. The van der Waals surface area contributed by atoms with Crippen LogP contribution in [-0.4, -0.2) is 12.6 Å². The van der Waals surface area contributed by atoms with E-state index in [1.807, 2.05) is 27.7 Å². The molecule has 0 bridgehead atoms. The Bertz CT molecular complexity index is 274. The van der Waals surface area contributed by atoms with Crippen molar-refractivity contribution in [2.45, 2.75) is 27.7 Å². The summed E-state index contributed by atoms with van der Waals surface area (Å²) in [5.74, 6) is -0.175. The lowest BCUT2D eigenvalue weighted by molar-refractivity contribution is -0.135. The Labute approximate surface area is 72.9 Å². The fourth-order valence-corrected chi connectivity index (χ4v) is 1.31. The Morgan fingerprint density at radius 1 is 1.17 bits per heavy atom. The van der Waals surface area contributed by atoms with Gasteiger partial charge in [0, 0.05) is 5.57 Å². The molecule has 2 heteroatoms. The largest absolute Gasteiger partial charge is 0.457 e. The molecule has 1 rings (SSSR count). The van der Waals surface area contributed by atoms with Gasteiger partial charge in [0.2, 0.25) is 0 Å². The number of hydrogen-bond acceptors (Lipinski definition) is 2. The standard InChI is InChI=1S/C10H14O2/c1-6(2)8-5-12-10(11)9(8)7(3)4/h5H2,1-4H3. The van der Waals surface area contributed by atoms with E-state index in [2.05, 4.69) is 0 Å². The van der Waals surface area contributed by atoms with Gasteiger partial charge in [-0.3, -0.25) is 0 Å². The first-order valence-electron chi connectivity index (χ1n) is 4.05. The average molecular weight is 166 g/mol. The molecular weight excluding hydrogens is 152 g/mol. The highest BCUT2D eigenvalue weighted by Gasteiger charge is 2.26. The Hall–Kier alpha value is -1.05. The van der Waals surface area contributed by atoms with Crippen molar-refractivity contribution in [3.8, 4) is 0 Å². The van der Waals surface area contributed by atoms with Crippen LogP contribution in [0, 0.1) is 0 Å². The smallest absolute Gasteiger partial charge is 0.338 e.